The van der Waals surface area contributed by atoms with Crippen LogP contribution in [0.5, 0.6) is 11.5 Å². The minimum absolute atomic E-state index is 0.239. The Morgan fingerprint density at radius 3 is 2.50 bits per heavy atom. The average molecular weight is 375 g/mol. The molecule has 2 N–H and O–H groups in total. The number of carbonyl (C=O) groups excluding carboxylic acids is 2. The molecule has 0 saturated heterocycles. The van der Waals surface area contributed by atoms with Crippen molar-refractivity contribution in [3.8, 4) is 11.5 Å². The van der Waals surface area contributed by atoms with Gasteiger partial charge >= 0.3 is 0 Å². The van der Waals surface area contributed by atoms with Gasteiger partial charge in [-0.2, -0.15) is 0 Å². The highest BCUT2D eigenvalue weighted by Crippen LogP contribution is 2.21. The Balaban J connectivity index is 1.79. The van der Waals surface area contributed by atoms with Crippen molar-refractivity contribution in [2.45, 2.75) is 6.92 Å². The zero-order valence-electron chi connectivity index (χ0n) is 14.3. The van der Waals surface area contributed by atoms with E-state index in [9.17, 15) is 9.59 Å². The van der Waals surface area contributed by atoms with Crippen molar-refractivity contribution >= 4 is 23.4 Å². The van der Waals surface area contributed by atoms with Crippen LogP contribution in [0, 0.1) is 6.92 Å². The summed E-state index contributed by atoms with van der Waals surface area (Å²) in [6.07, 6.45) is 1.63. The number of hydrazine groups is 1. The maximum atomic E-state index is 12.0. The van der Waals surface area contributed by atoms with Gasteiger partial charge in [0.1, 0.15) is 18.1 Å². The monoisotopic (exact) mass is 374 g/mol. The molecule has 2 aromatic carbocycles. The number of benzene rings is 2. The van der Waals surface area contributed by atoms with Crippen LogP contribution in [-0.2, 0) is 4.79 Å². The highest BCUT2D eigenvalue weighted by molar-refractivity contribution is 6.30. The van der Waals surface area contributed by atoms with E-state index in [1.54, 1.807) is 48.5 Å². The lowest BCUT2D eigenvalue weighted by atomic mass is 10.2. The second-order valence-electron chi connectivity index (χ2n) is 5.32. The van der Waals surface area contributed by atoms with Gasteiger partial charge in [-0.1, -0.05) is 24.3 Å². The van der Waals surface area contributed by atoms with E-state index in [0.29, 0.717) is 28.7 Å². The number of amides is 2. The standard InChI is InChI=1S/C19H19ClN2O4/c1-3-10-25-16-7-4-14(5-8-16)19(24)22-21-18(23)12-26-17-9-6-15(20)11-13(17)2/h3-9,11H,1,10,12H2,2H3,(H,21,23)(H,22,24). The summed E-state index contributed by atoms with van der Waals surface area (Å²) < 4.78 is 10.7. The molecule has 136 valence electrons. The fraction of sp³-hybridized carbons (Fsp3) is 0.158. The molecule has 0 atom stereocenters. The van der Waals surface area contributed by atoms with E-state index in [1.165, 1.54) is 0 Å². The molecule has 6 nitrogen and oxygen atoms in total. The Hall–Kier alpha value is -2.99. The van der Waals surface area contributed by atoms with Crippen molar-refractivity contribution in [2.75, 3.05) is 13.2 Å². The molecular weight excluding hydrogens is 356 g/mol. The molecular formula is C19H19ClN2O4. The highest BCUT2D eigenvalue weighted by Gasteiger charge is 2.09. The van der Waals surface area contributed by atoms with E-state index >= 15 is 0 Å². The summed E-state index contributed by atoms with van der Waals surface area (Å²) >= 11 is 5.86. The lowest BCUT2D eigenvalue weighted by Gasteiger charge is -2.11. The molecule has 0 heterocycles. The second-order valence-corrected chi connectivity index (χ2v) is 5.76. The summed E-state index contributed by atoms with van der Waals surface area (Å²) in [4.78, 5) is 23.8. The summed E-state index contributed by atoms with van der Waals surface area (Å²) in [5, 5.41) is 0.590. The summed E-state index contributed by atoms with van der Waals surface area (Å²) in [5.74, 6) is 0.234. The summed E-state index contributed by atoms with van der Waals surface area (Å²) in [7, 11) is 0. The van der Waals surface area contributed by atoms with Crippen molar-refractivity contribution in [3.05, 3.63) is 71.3 Å². The van der Waals surface area contributed by atoms with Gasteiger partial charge in [0.25, 0.3) is 11.8 Å². The van der Waals surface area contributed by atoms with Crippen LogP contribution in [-0.4, -0.2) is 25.0 Å². The normalized spacial score (nSPS) is 9.92. The third kappa shape index (κ3) is 5.82. The molecule has 7 heteroatoms. The largest absolute Gasteiger partial charge is 0.490 e. The molecule has 0 aromatic heterocycles. The third-order valence-electron chi connectivity index (χ3n) is 3.30. The predicted octanol–water partition coefficient (Wildman–Crippen LogP) is 3.05. The van der Waals surface area contributed by atoms with Crippen LogP contribution in [0.4, 0.5) is 0 Å². The maximum Gasteiger partial charge on any atom is 0.276 e. The first-order valence-corrected chi connectivity index (χ1v) is 8.19. The van der Waals surface area contributed by atoms with Gasteiger partial charge in [-0.05, 0) is 55.0 Å². The average Bonchev–Trinajstić information content (AvgIpc) is 2.64. The number of carbonyl (C=O) groups is 2. The first kappa shape index (κ1) is 19.3. The summed E-state index contributed by atoms with van der Waals surface area (Å²) in [5.41, 5.74) is 5.81. The van der Waals surface area contributed by atoms with Gasteiger partial charge in [-0.3, -0.25) is 20.4 Å². The maximum absolute atomic E-state index is 12.0. The minimum atomic E-state index is -0.487. The molecule has 0 aliphatic heterocycles. The molecule has 0 spiro atoms. The summed E-state index contributed by atoms with van der Waals surface area (Å²) in [6.45, 7) is 5.53. The third-order valence-corrected chi connectivity index (χ3v) is 3.53. The number of halogens is 1. The van der Waals surface area contributed by atoms with Crippen LogP contribution in [0.25, 0.3) is 0 Å². The van der Waals surface area contributed by atoms with E-state index in [0.717, 1.165) is 5.56 Å². The van der Waals surface area contributed by atoms with Crippen LogP contribution < -0.4 is 20.3 Å². The van der Waals surface area contributed by atoms with E-state index in [1.807, 2.05) is 6.92 Å². The first-order valence-electron chi connectivity index (χ1n) is 7.81. The van der Waals surface area contributed by atoms with Crippen molar-refractivity contribution in [1.82, 2.24) is 10.9 Å². The molecule has 26 heavy (non-hydrogen) atoms. The van der Waals surface area contributed by atoms with E-state index in [-0.39, 0.29) is 6.61 Å². The molecule has 0 radical (unpaired) electrons. The first-order chi connectivity index (χ1) is 12.5. The number of hydrogen-bond acceptors (Lipinski definition) is 4. The molecule has 0 unspecified atom stereocenters. The Labute approximate surface area is 156 Å². The highest BCUT2D eigenvalue weighted by atomic mass is 35.5. The van der Waals surface area contributed by atoms with E-state index < -0.39 is 11.8 Å². The fourth-order valence-electron chi connectivity index (χ4n) is 2.01. The number of aryl methyl sites for hydroxylation is 1. The van der Waals surface area contributed by atoms with Crippen LogP contribution in [0.1, 0.15) is 15.9 Å². The Morgan fingerprint density at radius 1 is 1.12 bits per heavy atom. The van der Waals surface area contributed by atoms with E-state index in [4.69, 9.17) is 21.1 Å². The van der Waals surface area contributed by atoms with Crippen LogP contribution in [0.15, 0.2) is 55.1 Å². The second kappa shape index (κ2) is 9.48. The van der Waals surface area contributed by atoms with Crippen LogP contribution in [0.2, 0.25) is 5.02 Å². The minimum Gasteiger partial charge on any atom is -0.490 e. The lowest BCUT2D eigenvalue weighted by Crippen LogP contribution is -2.43. The van der Waals surface area contributed by atoms with Gasteiger partial charge in [-0.25, -0.2) is 0 Å². The molecule has 0 bridgehead atoms. The molecule has 2 amide bonds. The lowest BCUT2D eigenvalue weighted by molar-refractivity contribution is -0.123. The molecule has 0 saturated carbocycles. The zero-order valence-corrected chi connectivity index (χ0v) is 15.0. The van der Waals surface area contributed by atoms with Crippen LogP contribution >= 0.6 is 11.6 Å². The van der Waals surface area contributed by atoms with Gasteiger partial charge in [0, 0.05) is 10.6 Å². The fourth-order valence-corrected chi connectivity index (χ4v) is 2.24. The number of rotatable bonds is 7. The Bertz CT molecular complexity index is 791. The molecule has 0 aliphatic rings. The van der Waals surface area contributed by atoms with Gasteiger partial charge in [0.05, 0.1) is 0 Å². The Kier molecular flexibility index (Phi) is 7.05. The quantitative estimate of drug-likeness (QED) is 0.577. The van der Waals surface area contributed by atoms with Gasteiger partial charge in [-0.15, -0.1) is 0 Å². The van der Waals surface area contributed by atoms with Crippen molar-refractivity contribution < 1.29 is 19.1 Å². The van der Waals surface area contributed by atoms with Crippen molar-refractivity contribution in [3.63, 3.8) is 0 Å². The zero-order chi connectivity index (χ0) is 18.9. The number of ether oxygens (including phenoxy) is 2. The van der Waals surface area contributed by atoms with Gasteiger partial charge in [0.15, 0.2) is 6.61 Å². The van der Waals surface area contributed by atoms with Gasteiger partial charge in [0.2, 0.25) is 0 Å². The number of hydrogen-bond donors (Lipinski definition) is 2. The smallest absolute Gasteiger partial charge is 0.276 e. The summed E-state index contributed by atoms with van der Waals surface area (Å²) in [6, 6.07) is 11.6. The Morgan fingerprint density at radius 2 is 1.85 bits per heavy atom. The molecule has 0 fully saturated rings. The van der Waals surface area contributed by atoms with Crippen LogP contribution in [0.3, 0.4) is 0 Å². The van der Waals surface area contributed by atoms with Gasteiger partial charge < -0.3 is 9.47 Å². The molecule has 2 rings (SSSR count). The van der Waals surface area contributed by atoms with Crippen molar-refractivity contribution in [1.29, 1.82) is 0 Å². The van der Waals surface area contributed by atoms with Crippen molar-refractivity contribution in [2.24, 2.45) is 0 Å². The van der Waals surface area contributed by atoms with E-state index in [2.05, 4.69) is 17.4 Å². The molecule has 0 aliphatic carbocycles. The topological polar surface area (TPSA) is 76.7 Å². The number of nitrogens with one attached hydrogen (secondary N) is 2. The predicted molar refractivity (Wildman–Crippen MR) is 99.4 cm³/mol. The molecule has 2 aromatic rings. The SMILES string of the molecule is C=CCOc1ccc(C(=O)NNC(=O)COc2ccc(Cl)cc2C)cc1.